The van der Waals surface area contributed by atoms with E-state index in [0.29, 0.717) is 16.1 Å². The van der Waals surface area contributed by atoms with Gasteiger partial charge in [0.15, 0.2) is 0 Å². The molecule has 4 heteroatoms. The van der Waals surface area contributed by atoms with Crippen LogP contribution in [0.15, 0.2) is 12.1 Å². The van der Waals surface area contributed by atoms with E-state index in [4.69, 9.17) is 11.6 Å². The monoisotopic (exact) mass is 243 g/mol. The zero-order valence-corrected chi connectivity index (χ0v) is 9.89. The second kappa shape index (κ2) is 4.70. The Kier molecular flexibility index (Phi) is 3.47. The lowest BCUT2D eigenvalue weighted by atomic mass is 9.99. The number of nitrogens with one attached hydrogen (secondary N) is 1. The summed E-state index contributed by atoms with van der Waals surface area (Å²) in [7, 11) is 0. The van der Waals surface area contributed by atoms with Crippen LogP contribution in [-0.2, 0) is 0 Å². The lowest BCUT2D eigenvalue weighted by Gasteiger charge is -2.20. The number of aliphatic hydroxyl groups excluding tert-OH is 1. The molecular formula is C12H15ClFNO. The second-order valence-electron chi connectivity index (χ2n) is 4.27. The first-order chi connectivity index (χ1) is 7.59. The van der Waals surface area contributed by atoms with Gasteiger partial charge in [0.05, 0.1) is 6.10 Å². The summed E-state index contributed by atoms with van der Waals surface area (Å²) in [5.74, 6) is -0.333. The van der Waals surface area contributed by atoms with Gasteiger partial charge in [0, 0.05) is 16.6 Å². The predicted octanol–water partition coefficient (Wildman–Crippen LogP) is 2.57. The molecule has 16 heavy (non-hydrogen) atoms. The van der Waals surface area contributed by atoms with Crippen LogP contribution >= 0.6 is 11.6 Å². The molecule has 0 bridgehead atoms. The summed E-state index contributed by atoms with van der Waals surface area (Å²) >= 11 is 5.95. The van der Waals surface area contributed by atoms with Crippen molar-refractivity contribution in [3.63, 3.8) is 0 Å². The smallest absolute Gasteiger partial charge is 0.127 e. The Morgan fingerprint density at radius 2 is 2.31 bits per heavy atom. The third kappa shape index (κ3) is 2.21. The van der Waals surface area contributed by atoms with Crippen molar-refractivity contribution in [2.45, 2.75) is 31.9 Å². The van der Waals surface area contributed by atoms with Crippen molar-refractivity contribution in [2.75, 3.05) is 6.54 Å². The maximum absolute atomic E-state index is 13.2. The molecule has 2 unspecified atom stereocenters. The van der Waals surface area contributed by atoms with Gasteiger partial charge in [-0.2, -0.15) is 0 Å². The lowest BCUT2D eigenvalue weighted by Crippen LogP contribution is -2.29. The van der Waals surface area contributed by atoms with Crippen molar-refractivity contribution >= 4 is 11.6 Å². The molecular weight excluding hydrogens is 229 g/mol. The molecule has 2 N–H and O–H groups in total. The molecule has 2 nitrogen and oxygen atoms in total. The Morgan fingerprint density at radius 1 is 1.56 bits per heavy atom. The van der Waals surface area contributed by atoms with E-state index in [2.05, 4.69) is 5.32 Å². The van der Waals surface area contributed by atoms with Gasteiger partial charge in [-0.25, -0.2) is 4.39 Å². The van der Waals surface area contributed by atoms with Crippen molar-refractivity contribution in [3.8, 4) is 0 Å². The van der Waals surface area contributed by atoms with Crippen LogP contribution in [0.2, 0.25) is 5.02 Å². The first kappa shape index (κ1) is 11.8. The molecule has 2 rings (SSSR count). The summed E-state index contributed by atoms with van der Waals surface area (Å²) in [4.78, 5) is 0. The standard InChI is InChI=1S/C12H15ClFNO/c1-7-5-8(9(13)6-10(7)14)12(16)11-3-2-4-15-11/h5-6,11-12,15-16H,2-4H2,1H3. The Balaban J connectivity index is 2.28. The normalized spacial score (nSPS) is 22.4. The Bertz CT molecular complexity index is 391. The minimum atomic E-state index is -0.658. The largest absolute Gasteiger partial charge is 0.387 e. The average Bonchev–Trinajstić information content (AvgIpc) is 2.75. The lowest BCUT2D eigenvalue weighted by molar-refractivity contribution is 0.137. The van der Waals surface area contributed by atoms with E-state index in [9.17, 15) is 9.50 Å². The van der Waals surface area contributed by atoms with Gasteiger partial charge in [-0.1, -0.05) is 11.6 Å². The molecule has 1 aliphatic rings. The number of halogens is 2. The highest BCUT2D eigenvalue weighted by molar-refractivity contribution is 6.31. The third-order valence-electron chi connectivity index (χ3n) is 3.08. The zero-order chi connectivity index (χ0) is 11.7. The molecule has 1 fully saturated rings. The van der Waals surface area contributed by atoms with E-state index in [1.54, 1.807) is 13.0 Å². The van der Waals surface area contributed by atoms with Crippen LogP contribution in [0.3, 0.4) is 0 Å². The fraction of sp³-hybridized carbons (Fsp3) is 0.500. The first-order valence-electron chi connectivity index (χ1n) is 5.46. The first-order valence-corrected chi connectivity index (χ1v) is 5.84. The Hall–Kier alpha value is -0.640. The van der Waals surface area contributed by atoms with E-state index in [-0.39, 0.29) is 11.9 Å². The number of benzene rings is 1. The van der Waals surface area contributed by atoms with E-state index < -0.39 is 6.10 Å². The highest BCUT2D eigenvalue weighted by Crippen LogP contribution is 2.30. The number of hydrogen-bond acceptors (Lipinski definition) is 2. The summed E-state index contributed by atoms with van der Waals surface area (Å²) in [6.45, 7) is 2.59. The van der Waals surface area contributed by atoms with Crippen molar-refractivity contribution in [1.82, 2.24) is 5.32 Å². The average molecular weight is 244 g/mol. The molecule has 0 amide bonds. The summed E-state index contributed by atoms with van der Waals surface area (Å²) in [6, 6.07) is 2.93. The van der Waals surface area contributed by atoms with Crippen molar-refractivity contribution in [2.24, 2.45) is 0 Å². The summed E-state index contributed by atoms with van der Waals surface area (Å²) in [6.07, 6.45) is 1.32. The highest BCUT2D eigenvalue weighted by atomic mass is 35.5. The van der Waals surface area contributed by atoms with E-state index in [1.807, 2.05) is 0 Å². The predicted molar refractivity (Wildman–Crippen MR) is 62.1 cm³/mol. The van der Waals surface area contributed by atoms with E-state index in [0.717, 1.165) is 19.4 Å². The Labute approximate surface area is 99.4 Å². The third-order valence-corrected chi connectivity index (χ3v) is 3.40. The van der Waals surface area contributed by atoms with Gasteiger partial charge in [0.25, 0.3) is 0 Å². The van der Waals surface area contributed by atoms with Crippen LogP contribution in [0.1, 0.15) is 30.1 Å². The van der Waals surface area contributed by atoms with Gasteiger partial charge < -0.3 is 10.4 Å². The number of aliphatic hydroxyl groups is 1. The van der Waals surface area contributed by atoms with Crippen LogP contribution in [0, 0.1) is 12.7 Å². The fourth-order valence-corrected chi connectivity index (χ4v) is 2.37. The van der Waals surface area contributed by atoms with Crippen molar-refractivity contribution in [1.29, 1.82) is 0 Å². The summed E-state index contributed by atoms with van der Waals surface area (Å²) in [5, 5.41) is 13.7. The molecule has 0 aliphatic carbocycles. The fourth-order valence-electron chi connectivity index (χ4n) is 2.10. The van der Waals surface area contributed by atoms with Gasteiger partial charge in [0.2, 0.25) is 0 Å². The van der Waals surface area contributed by atoms with Crippen LogP contribution in [0.4, 0.5) is 4.39 Å². The maximum atomic E-state index is 13.2. The highest BCUT2D eigenvalue weighted by Gasteiger charge is 2.26. The minimum Gasteiger partial charge on any atom is -0.387 e. The number of aryl methyl sites for hydroxylation is 1. The van der Waals surface area contributed by atoms with Crippen LogP contribution in [-0.4, -0.2) is 17.7 Å². The number of hydrogen-bond donors (Lipinski definition) is 2. The molecule has 0 aromatic heterocycles. The molecule has 0 radical (unpaired) electrons. The second-order valence-corrected chi connectivity index (χ2v) is 4.68. The van der Waals surface area contributed by atoms with Crippen molar-refractivity contribution in [3.05, 3.63) is 34.1 Å². The molecule has 0 saturated carbocycles. The molecule has 1 saturated heterocycles. The van der Waals surface area contributed by atoms with Gasteiger partial charge >= 0.3 is 0 Å². The molecule has 1 aromatic carbocycles. The van der Waals surface area contributed by atoms with E-state index >= 15 is 0 Å². The molecule has 1 heterocycles. The van der Waals surface area contributed by atoms with Crippen LogP contribution < -0.4 is 5.32 Å². The van der Waals surface area contributed by atoms with Crippen LogP contribution in [0.5, 0.6) is 0 Å². The van der Waals surface area contributed by atoms with E-state index in [1.165, 1.54) is 6.07 Å². The molecule has 0 spiro atoms. The SMILES string of the molecule is Cc1cc(C(O)C2CCCN2)c(Cl)cc1F. The number of rotatable bonds is 2. The van der Waals surface area contributed by atoms with Crippen LogP contribution in [0.25, 0.3) is 0 Å². The van der Waals surface area contributed by atoms with Gasteiger partial charge in [-0.15, -0.1) is 0 Å². The topological polar surface area (TPSA) is 32.3 Å². The Morgan fingerprint density at radius 3 is 2.94 bits per heavy atom. The molecule has 1 aromatic rings. The zero-order valence-electron chi connectivity index (χ0n) is 9.13. The van der Waals surface area contributed by atoms with Gasteiger partial charge in [0.1, 0.15) is 5.82 Å². The summed E-state index contributed by atoms with van der Waals surface area (Å²) in [5.41, 5.74) is 1.12. The van der Waals surface area contributed by atoms with Gasteiger partial charge in [-0.05, 0) is 44.0 Å². The quantitative estimate of drug-likeness (QED) is 0.837. The maximum Gasteiger partial charge on any atom is 0.127 e. The minimum absolute atomic E-state index is 0.0300. The molecule has 1 aliphatic heterocycles. The van der Waals surface area contributed by atoms with Gasteiger partial charge in [-0.3, -0.25) is 0 Å². The molecule has 2 atom stereocenters. The van der Waals surface area contributed by atoms with Crippen molar-refractivity contribution < 1.29 is 9.50 Å². The molecule has 88 valence electrons. The summed E-state index contributed by atoms with van der Waals surface area (Å²) < 4.78 is 13.2.